The molecule has 1 amide bonds. The lowest BCUT2D eigenvalue weighted by Crippen LogP contribution is -2.38. The summed E-state index contributed by atoms with van der Waals surface area (Å²) in [4.78, 5) is 53.1. The minimum Gasteiger partial charge on any atom is -0.460 e. The third-order valence-electron chi connectivity index (χ3n) is 5.26. The average Bonchev–Trinajstić information content (AvgIpc) is 3.28. The highest BCUT2D eigenvalue weighted by Gasteiger charge is 2.16. The number of amides is 1. The summed E-state index contributed by atoms with van der Waals surface area (Å²) in [7, 11) is 2.86. The number of carbonyl (C=O) groups is 2. The van der Waals surface area contributed by atoms with Crippen LogP contribution in [-0.2, 0) is 30.2 Å². The van der Waals surface area contributed by atoms with Crippen molar-refractivity contribution in [2.45, 2.75) is 6.54 Å². The highest BCUT2D eigenvalue weighted by Crippen LogP contribution is 2.21. The fourth-order valence-corrected chi connectivity index (χ4v) is 3.43. The molecule has 4 aromatic rings. The number of ether oxygens (including phenoxy) is 2. The summed E-state index contributed by atoms with van der Waals surface area (Å²) in [5.41, 5.74) is -0.348. The molecule has 0 saturated carbocycles. The molecular weight excluding hydrogens is 454 g/mol. The minimum absolute atomic E-state index is 0.0339. The first-order valence-corrected chi connectivity index (χ1v) is 10.7. The first kappa shape index (κ1) is 23.5. The Hall–Kier alpha value is -4.67. The van der Waals surface area contributed by atoms with Crippen molar-refractivity contribution in [2.75, 3.05) is 13.2 Å². The van der Waals surface area contributed by atoms with E-state index in [1.807, 2.05) is 30.3 Å². The lowest BCUT2D eigenvalue weighted by atomic mass is 10.2. The number of rotatable bonds is 8. The minimum atomic E-state index is -0.539. The molecule has 0 aliphatic carbocycles. The van der Waals surface area contributed by atoms with E-state index in [0.717, 1.165) is 4.57 Å². The van der Waals surface area contributed by atoms with Crippen LogP contribution in [0.2, 0.25) is 0 Å². The van der Waals surface area contributed by atoms with E-state index in [-0.39, 0.29) is 30.9 Å². The highest BCUT2D eigenvalue weighted by molar-refractivity contribution is 5.89. The normalized spacial score (nSPS) is 10.8. The van der Waals surface area contributed by atoms with E-state index in [9.17, 15) is 19.2 Å². The number of nitrogens with one attached hydrogen (secondary N) is 1. The molecule has 11 heteroatoms. The molecule has 0 unspecified atom stereocenters. The SMILES string of the molecule is Cn1c(=O)c2c(ncn2CC(=O)NCCOC(=O)c2ccc(Oc3ccccc3)cc2)n(C)c1=O. The van der Waals surface area contributed by atoms with Gasteiger partial charge in [0, 0.05) is 14.1 Å². The van der Waals surface area contributed by atoms with Gasteiger partial charge < -0.3 is 19.4 Å². The monoisotopic (exact) mass is 477 g/mol. The van der Waals surface area contributed by atoms with Gasteiger partial charge in [-0.3, -0.25) is 18.7 Å². The van der Waals surface area contributed by atoms with Crippen molar-refractivity contribution in [3.63, 3.8) is 0 Å². The first-order chi connectivity index (χ1) is 16.8. The molecule has 35 heavy (non-hydrogen) atoms. The highest BCUT2D eigenvalue weighted by atomic mass is 16.5. The number of aryl methyl sites for hydroxylation is 1. The second-order valence-electron chi connectivity index (χ2n) is 7.68. The summed E-state index contributed by atoms with van der Waals surface area (Å²) in [6.07, 6.45) is 1.33. The van der Waals surface area contributed by atoms with Crippen LogP contribution in [0.5, 0.6) is 11.5 Å². The third-order valence-corrected chi connectivity index (χ3v) is 5.26. The molecule has 0 bridgehead atoms. The Kier molecular flexibility index (Phi) is 6.76. The number of para-hydroxylation sites is 1. The predicted octanol–water partition coefficient (Wildman–Crippen LogP) is 1.20. The Balaban J connectivity index is 1.27. The molecule has 0 atom stereocenters. The smallest absolute Gasteiger partial charge is 0.338 e. The third kappa shape index (κ3) is 5.13. The van der Waals surface area contributed by atoms with Gasteiger partial charge in [-0.15, -0.1) is 0 Å². The van der Waals surface area contributed by atoms with Crippen LogP contribution in [0.25, 0.3) is 11.2 Å². The Morgan fingerprint density at radius 3 is 2.34 bits per heavy atom. The molecule has 0 aliphatic heterocycles. The van der Waals surface area contributed by atoms with Crippen LogP contribution < -0.4 is 21.3 Å². The number of hydrogen-bond acceptors (Lipinski definition) is 7. The summed E-state index contributed by atoms with van der Waals surface area (Å²) >= 11 is 0. The van der Waals surface area contributed by atoms with Gasteiger partial charge in [0.15, 0.2) is 11.2 Å². The standard InChI is InChI=1S/C24H23N5O6/c1-27-21-20(22(31)28(2)24(27)33)29(15-26-21)14-19(30)25-12-13-34-23(32)16-8-10-18(11-9-16)35-17-6-4-3-5-7-17/h3-11,15H,12-14H2,1-2H3,(H,25,30). The molecule has 0 radical (unpaired) electrons. The topological polar surface area (TPSA) is 126 Å². The van der Waals surface area contributed by atoms with Crippen LogP contribution in [0.1, 0.15) is 10.4 Å². The number of hydrogen-bond donors (Lipinski definition) is 1. The van der Waals surface area contributed by atoms with Crippen molar-refractivity contribution in [1.82, 2.24) is 24.0 Å². The van der Waals surface area contributed by atoms with Gasteiger partial charge >= 0.3 is 11.7 Å². The molecule has 0 spiro atoms. The summed E-state index contributed by atoms with van der Waals surface area (Å²) in [5, 5.41) is 2.63. The second kappa shape index (κ2) is 10.1. The van der Waals surface area contributed by atoms with E-state index in [2.05, 4.69) is 10.3 Å². The number of nitrogens with zero attached hydrogens (tertiary/aromatic N) is 4. The summed E-state index contributed by atoms with van der Waals surface area (Å²) < 4.78 is 14.5. The van der Waals surface area contributed by atoms with Gasteiger partial charge in [0.25, 0.3) is 5.56 Å². The van der Waals surface area contributed by atoms with E-state index >= 15 is 0 Å². The average molecular weight is 477 g/mol. The van der Waals surface area contributed by atoms with Gasteiger partial charge in [-0.2, -0.15) is 0 Å². The molecule has 2 aromatic heterocycles. The molecule has 0 aliphatic rings. The van der Waals surface area contributed by atoms with E-state index in [1.165, 1.54) is 29.6 Å². The number of aromatic nitrogens is 4. The maximum atomic E-state index is 12.4. The molecular formula is C24H23N5O6. The summed E-state index contributed by atoms with van der Waals surface area (Å²) in [5.74, 6) is 0.336. The molecule has 2 heterocycles. The Bertz CT molecular complexity index is 1490. The van der Waals surface area contributed by atoms with Crippen LogP contribution >= 0.6 is 0 Å². The summed E-state index contributed by atoms with van der Waals surface area (Å²) in [6, 6.07) is 15.8. The van der Waals surface area contributed by atoms with Crippen LogP contribution in [0.4, 0.5) is 0 Å². The van der Waals surface area contributed by atoms with Gasteiger partial charge in [-0.25, -0.2) is 14.6 Å². The van der Waals surface area contributed by atoms with Crippen molar-refractivity contribution in [2.24, 2.45) is 14.1 Å². The molecule has 4 rings (SSSR count). The van der Waals surface area contributed by atoms with Crippen LogP contribution in [-0.4, -0.2) is 43.7 Å². The Morgan fingerprint density at radius 2 is 1.63 bits per heavy atom. The zero-order chi connectivity index (χ0) is 24.9. The van der Waals surface area contributed by atoms with Crippen LogP contribution in [0.15, 0.2) is 70.5 Å². The lowest BCUT2D eigenvalue weighted by molar-refractivity contribution is -0.121. The van der Waals surface area contributed by atoms with Crippen molar-refractivity contribution in [3.05, 3.63) is 87.3 Å². The van der Waals surface area contributed by atoms with E-state index in [4.69, 9.17) is 9.47 Å². The van der Waals surface area contributed by atoms with Gasteiger partial charge in [0.1, 0.15) is 24.7 Å². The molecule has 180 valence electrons. The van der Waals surface area contributed by atoms with Gasteiger partial charge in [0.2, 0.25) is 5.91 Å². The Labute approximate surface area is 199 Å². The summed E-state index contributed by atoms with van der Waals surface area (Å²) in [6.45, 7) is -0.128. The largest absolute Gasteiger partial charge is 0.460 e. The van der Waals surface area contributed by atoms with Gasteiger partial charge in [-0.1, -0.05) is 18.2 Å². The molecule has 0 saturated heterocycles. The molecule has 2 aromatic carbocycles. The maximum Gasteiger partial charge on any atom is 0.338 e. The quantitative estimate of drug-likeness (QED) is 0.298. The second-order valence-corrected chi connectivity index (χ2v) is 7.68. The van der Waals surface area contributed by atoms with Crippen LogP contribution in [0, 0.1) is 0 Å². The van der Waals surface area contributed by atoms with E-state index < -0.39 is 23.1 Å². The fraction of sp³-hybridized carbons (Fsp3) is 0.208. The predicted molar refractivity (Wildman–Crippen MR) is 126 cm³/mol. The number of esters is 1. The number of fused-ring (bicyclic) bond motifs is 1. The van der Waals surface area contributed by atoms with Crippen molar-refractivity contribution in [3.8, 4) is 11.5 Å². The van der Waals surface area contributed by atoms with Crippen molar-refractivity contribution < 1.29 is 19.1 Å². The molecule has 0 fully saturated rings. The molecule has 11 nitrogen and oxygen atoms in total. The number of carbonyl (C=O) groups excluding carboxylic acids is 2. The van der Waals surface area contributed by atoms with Crippen LogP contribution in [0.3, 0.4) is 0 Å². The zero-order valence-electron chi connectivity index (χ0n) is 19.1. The van der Waals surface area contributed by atoms with E-state index in [0.29, 0.717) is 17.1 Å². The molecule has 1 N–H and O–H groups in total. The number of imidazole rings is 1. The number of benzene rings is 2. The Morgan fingerprint density at radius 1 is 0.943 bits per heavy atom. The zero-order valence-corrected chi connectivity index (χ0v) is 19.1. The van der Waals surface area contributed by atoms with Gasteiger partial charge in [-0.05, 0) is 36.4 Å². The first-order valence-electron chi connectivity index (χ1n) is 10.7. The lowest BCUT2D eigenvalue weighted by Gasteiger charge is -2.09. The fourth-order valence-electron chi connectivity index (χ4n) is 3.43. The van der Waals surface area contributed by atoms with Gasteiger partial charge in [0.05, 0.1) is 18.4 Å². The van der Waals surface area contributed by atoms with E-state index in [1.54, 1.807) is 24.3 Å². The maximum absolute atomic E-state index is 12.4. The van der Waals surface area contributed by atoms with Crippen molar-refractivity contribution in [1.29, 1.82) is 0 Å². The van der Waals surface area contributed by atoms with Crippen molar-refractivity contribution >= 4 is 23.0 Å².